The maximum absolute atomic E-state index is 11.9. The lowest BCUT2D eigenvalue weighted by molar-refractivity contribution is -0.125. The summed E-state index contributed by atoms with van der Waals surface area (Å²) in [7, 11) is 2.35. The highest BCUT2D eigenvalue weighted by Crippen LogP contribution is 2.06. The first-order valence-corrected chi connectivity index (χ1v) is 7.04. The Morgan fingerprint density at radius 3 is 2.50 bits per heavy atom. The summed E-state index contributed by atoms with van der Waals surface area (Å²) in [6, 6.07) is -0.677. The molecule has 0 aliphatic heterocycles. The molecule has 106 valence electrons. The fourth-order valence-electron chi connectivity index (χ4n) is 1.72. The maximum atomic E-state index is 11.9. The van der Waals surface area contributed by atoms with E-state index in [9.17, 15) is 9.59 Å². The first-order valence-electron chi connectivity index (χ1n) is 6.47. The highest BCUT2D eigenvalue weighted by atomic mass is 31.0. The molecule has 6 heteroatoms. The number of amides is 1. The Hall–Kier alpha value is -0.510. The number of aldehydes is 1. The number of nitrogens with one attached hydrogen (secondary N) is 2. The second-order valence-corrected chi connectivity index (χ2v) is 5.22. The van der Waals surface area contributed by atoms with E-state index >= 15 is 0 Å². The second kappa shape index (κ2) is 10.4. The van der Waals surface area contributed by atoms with Crippen LogP contribution in [0.3, 0.4) is 0 Å². The summed E-state index contributed by atoms with van der Waals surface area (Å²) in [4.78, 5) is 22.8. The third-order valence-electron chi connectivity index (χ3n) is 2.68. The van der Waals surface area contributed by atoms with Crippen LogP contribution in [0, 0.1) is 5.92 Å². The van der Waals surface area contributed by atoms with Gasteiger partial charge < -0.3 is 15.8 Å². The number of unbranched alkanes of at least 4 members (excludes halogenated alkanes) is 1. The van der Waals surface area contributed by atoms with E-state index in [4.69, 9.17) is 5.73 Å². The van der Waals surface area contributed by atoms with Crippen molar-refractivity contribution < 1.29 is 9.59 Å². The van der Waals surface area contributed by atoms with Gasteiger partial charge in [-0.3, -0.25) is 9.88 Å². The fraction of sp³-hybridized carbons (Fsp3) is 0.833. The first kappa shape index (κ1) is 17.5. The van der Waals surface area contributed by atoms with E-state index in [0.717, 1.165) is 25.5 Å². The number of hydrogen-bond donors (Lipinski definition) is 3. The third-order valence-corrected chi connectivity index (χ3v) is 3.08. The van der Waals surface area contributed by atoms with Gasteiger partial charge in [0, 0.05) is 0 Å². The fourth-order valence-corrected chi connectivity index (χ4v) is 2.04. The molecule has 18 heavy (non-hydrogen) atoms. The Kier molecular flexibility index (Phi) is 10.1. The predicted molar refractivity (Wildman–Crippen MR) is 77.0 cm³/mol. The van der Waals surface area contributed by atoms with Crippen LogP contribution in [0.2, 0.25) is 0 Å². The summed E-state index contributed by atoms with van der Waals surface area (Å²) in [5.41, 5.74) is 5.42. The molecule has 0 bridgehead atoms. The van der Waals surface area contributed by atoms with Crippen LogP contribution >= 0.6 is 9.39 Å². The molecule has 0 aromatic rings. The molecule has 0 rings (SSSR count). The summed E-state index contributed by atoms with van der Waals surface area (Å²) in [5, 5.41) is 5.65. The van der Waals surface area contributed by atoms with Crippen LogP contribution in [0.4, 0.5) is 0 Å². The molecular formula is C12H26N3O2P. The van der Waals surface area contributed by atoms with Crippen LogP contribution in [-0.2, 0) is 9.59 Å². The lowest BCUT2D eigenvalue weighted by Gasteiger charge is -2.20. The van der Waals surface area contributed by atoms with Crippen molar-refractivity contribution in [1.29, 1.82) is 0 Å². The van der Waals surface area contributed by atoms with Crippen LogP contribution in [-0.4, -0.2) is 30.8 Å². The molecule has 0 radical (unpaired) electrons. The molecule has 0 spiro atoms. The predicted octanol–water partition coefficient (Wildman–Crippen LogP) is 0.593. The Balaban J connectivity index is 4.18. The Labute approximate surface area is 112 Å². The lowest BCUT2D eigenvalue weighted by atomic mass is 10.0. The van der Waals surface area contributed by atoms with Gasteiger partial charge in [0.25, 0.3) is 0 Å². The van der Waals surface area contributed by atoms with Gasteiger partial charge in [-0.2, -0.15) is 0 Å². The van der Waals surface area contributed by atoms with Gasteiger partial charge in [-0.15, -0.1) is 0 Å². The van der Waals surface area contributed by atoms with Crippen LogP contribution in [0.5, 0.6) is 0 Å². The van der Waals surface area contributed by atoms with Gasteiger partial charge >= 0.3 is 0 Å². The molecule has 0 aliphatic carbocycles. The van der Waals surface area contributed by atoms with Crippen molar-refractivity contribution in [3.05, 3.63) is 0 Å². The zero-order valence-electron chi connectivity index (χ0n) is 11.3. The van der Waals surface area contributed by atoms with Crippen molar-refractivity contribution in [2.45, 2.75) is 51.6 Å². The monoisotopic (exact) mass is 275 g/mol. The second-order valence-electron chi connectivity index (χ2n) is 4.88. The van der Waals surface area contributed by atoms with E-state index in [1.165, 1.54) is 0 Å². The van der Waals surface area contributed by atoms with Gasteiger partial charge in [0.05, 0.1) is 12.1 Å². The number of hydrogen-bond acceptors (Lipinski definition) is 4. The topological polar surface area (TPSA) is 84.2 Å². The molecule has 3 atom stereocenters. The zero-order chi connectivity index (χ0) is 14.0. The molecule has 1 unspecified atom stereocenters. The minimum absolute atomic E-state index is 0.125. The summed E-state index contributed by atoms with van der Waals surface area (Å²) < 4.78 is 0. The van der Waals surface area contributed by atoms with Gasteiger partial charge in [-0.25, -0.2) is 0 Å². The molecule has 0 aromatic heterocycles. The summed E-state index contributed by atoms with van der Waals surface area (Å²) in [6.45, 7) is 4.68. The first-order chi connectivity index (χ1) is 8.54. The SMILES string of the molecule is CC(C)C[C@@H](C=O)NC(=O)[C@H](CCCCN)NP. The standard InChI is InChI=1S/C12H26N3O2P/c1-9(2)7-10(8-16)14-12(17)11(15-18)5-3-4-6-13/h8-11,15H,3-7,13,18H2,1-2H3,(H,14,17)/t10-,11-/m0/s1. The van der Waals surface area contributed by atoms with Crippen LogP contribution in [0.15, 0.2) is 0 Å². The molecule has 4 N–H and O–H groups in total. The number of nitrogens with two attached hydrogens (primary N) is 1. The quantitative estimate of drug-likeness (QED) is 0.309. The zero-order valence-corrected chi connectivity index (χ0v) is 12.5. The van der Waals surface area contributed by atoms with Crippen LogP contribution in [0.25, 0.3) is 0 Å². The maximum Gasteiger partial charge on any atom is 0.237 e. The van der Waals surface area contributed by atoms with Crippen molar-refractivity contribution in [1.82, 2.24) is 10.4 Å². The van der Waals surface area contributed by atoms with Crippen molar-refractivity contribution in [2.75, 3.05) is 6.54 Å². The summed E-state index contributed by atoms with van der Waals surface area (Å²) in [6.07, 6.45) is 3.99. The van der Waals surface area contributed by atoms with E-state index in [1.54, 1.807) is 0 Å². The highest BCUT2D eigenvalue weighted by molar-refractivity contribution is 7.13. The average Bonchev–Trinajstić information content (AvgIpc) is 2.33. The number of carbonyl (C=O) groups excluding carboxylic acids is 2. The van der Waals surface area contributed by atoms with E-state index in [2.05, 4.69) is 19.8 Å². The molecule has 0 saturated heterocycles. The summed E-state index contributed by atoms with van der Waals surface area (Å²) in [5.74, 6) is 0.250. The Morgan fingerprint density at radius 1 is 1.39 bits per heavy atom. The number of carbonyl (C=O) groups is 2. The molecule has 0 heterocycles. The Morgan fingerprint density at radius 2 is 2.06 bits per heavy atom. The van der Waals surface area contributed by atoms with E-state index in [-0.39, 0.29) is 11.9 Å². The third kappa shape index (κ3) is 7.75. The van der Waals surface area contributed by atoms with Gasteiger partial charge in [0.2, 0.25) is 5.91 Å². The number of rotatable bonds is 10. The van der Waals surface area contributed by atoms with E-state index in [0.29, 0.717) is 18.9 Å². The van der Waals surface area contributed by atoms with Gasteiger partial charge in [0.15, 0.2) is 0 Å². The minimum Gasteiger partial charge on any atom is -0.345 e. The average molecular weight is 275 g/mol. The van der Waals surface area contributed by atoms with E-state index in [1.807, 2.05) is 13.8 Å². The molecular weight excluding hydrogens is 249 g/mol. The van der Waals surface area contributed by atoms with Gasteiger partial charge in [-0.05, 0) is 31.7 Å². The molecule has 5 nitrogen and oxygen atoms in total. The smallest absolute Gasteiger partial charge is 0.237 e. The highest BCUT2D eigenvalue weighted by Gasteiger charge is 2.19. The molecule has 0 aliphatic rings. The lowest BCUT2D eigenvalue weighted by Crippen LogP contribution is -2.46. The van der Waals surface area contributed by atoms with Crippen molar-refractivity contribution in [3.63, 3.8) is 0 Å². The van der Waals surface area contributed by atoms with Crippen LogP contribution < -0.4 is 16.1 Å². The molecule has 0 aromatic carbocycles. The molecule has 1 amide bonds. The summed E-state index contributed by atoms with van der Waals surface area (Å²) >= 11 is 0. The normalized spacial score (nSPS) is 14.3. The van der Waals surface area contributed by atoms with Crippen molar-refractivity contribution >= 4 is 21.6 Å². The van der Waals surface area contributed by atoms with Crippen molar-refractivity contribution in [2.24, 2.45) is 11.7 Å². The molecule has 0 saturated carbocycles. The van der Waals surface area contributed by atoms with Gasteiger partial charge in [-0.1, -0.05) is 29.7 Å². The minimum atomic E-state index is -0.396. The van der Waals surface area contributed by atoms with Gasteiger partial charge in [0.1, 0.15) is 6.29 Å². The van der Waals surface area contributed by atoms with Crippen LogP contribution in [0.1, 0.15) is 39.5 Å². The van der Waals surface area contributed by atoms with E-state index < -0.39 is 6.04 Å². The largest absolute Gasteiger partial charge is 0.345 e. The Bertz CT molecular complexity index is 249. The van der Waals surface area contributed by atoms with Crippen molar-refractivity contribution in [3.8, 4) is 0 Å². The molecule has 0 fully saturated rings.